The highest BCUT2D eigenvalue weighted by Gasteiger charge is 2.20. The van der Waals surface area contributed by atoms with Crippen LogP contribution in [0.15, 0.2) is 29.0 Å². The molecule has 0 unspecified atom stereocenters. The molecule has 0 amide bonds. The lowest BCUT2D eigenvalue weighted by molar-refractivity contribution is 0.161. The Morgan fingerprint density at radius 1 is 1.29 bits per heavy atom. The summed E-state index contributed by atoms with van der Waals surface area (Å²) in [6, 6.07) is 8.04. The fourth-order valence-corrected chi connectivity index (χ4v) is 4.53. The number of likely N-dealkylation sites (tertiary alicyclic amines) is 1. The minimum absolute atomic E-state index is 0.687. The molecule has 0 atom stereocenters. The van der Waals surface area contributed by atoms with Crippen LogP contribution in [0.5, 0.6) is 0 Å². The highest BCUT2D eigenvalue weighted by atomic mass is 32.1. The molecular weight excluding hydrogens is 296 g/mol. The van der Waals surface area contributed by atoms with E-state index in [2.05, 4.69) is 53.0 Å². The van der Waals surface area contributed by atoms with Crippen LogP contribution in [0.1, 0.15) is 31.6 Å². The van der Waals surface area contributed by atoms with E-state index in [1.54, 1.807) is 0 Å². The van der Waals surface area contributed by atoms with Crippen molar-refractivity contribution in [3.8, 4) is 10.4 Å². The quantitative estimate of drug-likeness (QED) is 0.876. The van der Waals surface area contributed by atoms with Crippen LogP contribution in [0.2, 0.25) is 0 Å². The van der Waals surface area contributed by atoms with Gasteiger partial charge in [0.2, 0.25) is 0 Å². The standard InChI is InChI=1S/C17H24N2S2/c1-13(2)19-7-5-15(6-8-19)18-11-16-10-14(12-21-16)17-4-3-9-20-17/h3-4,9-10,12-13,15,18H,5-8,11H2,1-2H3. The Bertz CT molecular complexity index is 537. The van der Waals surface area contributed by atoms with Crippen LogP contribution in [-0.2, 0) is 6.54 Å². The fourth-order valence-electron chi connectivity index (χ4n) is 2.91. The van der Waals surface area contributed by atoms with Crippen molar-refractivity contribution in [1.29, 1.82) is 0 Å². The Hall–Kier alpha value is -0.680. The Morgan fingerprint density at radius 3 is 2.76 bits per heavy atom. The largest absolute Gasteiger partial charge is 0.309 e. The first-order valence-electron chi connectivity index (χ1n) is 7.81. The molecule has 114 valence electrons. The molecule has 1 fully saturated rings. The van der Waals surface area contributed by atoms with Crippen LogP contribution in [0.25, 0.3) is 10.4 Å². The van der Waals surface area contributed by atoms with Crippen LogP contribution in [0.4, 0.5) is 0 Å². The highest BCUT2D eigenvalue weighted by Crippen LogP contribution is 2.29. The lowest BCUT2D eigenvalue weighted by Crippen LogP contribution is -2.44. The van der Waals surface area contributed by atoms with Gasteiger partial charge in [-0.05, 0) is 62.7 Å². The summed E-state index contributed by atoms with van der Waals surface area (Å²) in [4.78, 5) is 5.41. The zero-order valence-corrected chi connectivity index (χ0v) is 14.5. The Kier molecular flexibility index (Phi) is 5.11. The van der Waals surface area contributed by atoms with Crippen molar-refractivity contribution in [2.24, 2.45) is 0 Å². The number of nitrogens with zero attached hydrogens (tertiary/aromatic N) is 1. The van der Waals surface area contributed by atoms with Gasteiger partial charge < -0.3 is 10.2 Å². The monoisotopic (exact) mass is 320 g/mol. The van der Waals surface area contributed by atoms with E-state index in [-0.39, 0.29) is 0 Å². The van der Waals surface area contributed by atoms with Gasteiger partial charge in [-0.25, -0.2) is 0 Å². The number of hydrogen-bond donors (Lipinski definition) is 1. The lowest BCUT2D eigenvalue weighted by atomic mass is 10.0. The summed E-state index contributed by atoms with van der Waals surface area (Å²) >= 11 is 3.69. The number of piperidine rings is 1. The zero-order chi connectivity index (χ0) is 14.7. The molecule has 2 nitrogen and oxygen atoms in total. The average molecular weight is 321 g/mol. The van der Waals surface area contributed by atoms with Gasteiger partial charge in [0, 0.05) is 33.9 Å². The lowest BCUT2D eigenvalue weighted by Gasteiger charge is -2.34. The van der Waals surface area contributed by atoms with E-state index in [9.17, 15) is 0 Å². The minimum Gasteiger partial charge on any atom is -0.309 e. The molecule has 0 aliphatic carbocycles. The second-order valence-electron chi connectivity index (χ2n) is 6.06. The maximum Gasteiger partial charge on any atom is 0.0351 e. The molecule has 0 spiro atoms. The van der Waals surface area contributed by atoms with Gasteiger partial charge in [0.05, 0.1) is 0 Å². The van der Waals surface area contributed by atoms with Crippen LogP contribution < -0.4 is 5.32 Å². The van der Waals surface area contributed by atoms with Gasteiger partial charge in [0.15, 0.2) is 0 Å². The molecular formula is C17H24N2S2. The van der Waals surface area contributed by atoms with Crippen molar-refractivity contribution in [2.75, 3.05) is 13.1 Å². The van der Waals surface area contributed by atoms with Crippen molar-refractivity contribution in [2.45, 2.75) is 45.3 Å². The van der Waals surface area contributed by atoms with Crippen LogP contribution in [-0.4, -0.2) is 30.1 Å². The SMILES string of the molecule is CC(C)N1CCC(NCc2cc(-c3cccs3)cs2)CC1. The summed E-state index contributed by atoms with van der Waals surface area (Å²) < 4.78 is 0. The van der Waals surface area contributed by atoms with Crippen LogP contribution >= 0.6 is 22.7 Å². The number of rotatable bonds is 5. The predicted molar refractivity (Wildman–Crippen MR) is 94.2 cm³/mol. The van der Waals surface area contributed by atoms with Crippen molar-refractivity contribution in [3.05, 3.63) is 33.8 Å². The molecule has 0 aromatic carbocycles. The van der Waals surface area contributed by atoms with Crippen LogP contribution in [0.3, 0.4) is 0 Å². The maximum absolute atomic E-state index is 3.74. The van der Waals surface area contributed by atoms with Gasteiger partial charge in [0.1, 0.15) is 0 Å². The molecule has 1 aliphatic heterocycles. The first kappa shape index (κ1) is 15.2. The molecule has 0 radical (unpaired) electrons. The Labute approximate surface area is 135 Å². The van der Waals surface area contributed by atoms with Crippen LogP contribution in [0, 0.1) is 0 Å². The first-order chi connectivity index (χ1) is 10.2. The number of hydrogen-bond acceptors (Lipinski definition) is 4. The summed E-state index contributed by atoms with van der Waals surface area (Å²) in [6.07, 6.45) is 2.56. The fraction of sp³-hybridized carbons (Fsp3) is 0.529. The third kappa shape index (κ3) is 3.95. The normalized spacial score (nSPS) is 17.7. The van der Waals surface area contributed by atoms with E-state index < -0.39 is 0 Å². The summed E-state index contributed by atoms with van der Waals surface area (Å²) in [6.45, 7) is 8.08. The third-order valence-corrected chi connectivity index (χ3v) is 6.14. The highest BCUT2D eigenvalue weighted by molar-refractivity contribution is 7.14. The van der Waals surface area contributed by atoms with Gasteiger partial charge in [-0.3, -0.25) is 0 Å². The van der Waals surface area contributed by atoms with Gasteiger partial charge >= 0.3 is 0 Å². The summed E-state index contributed by atoms with van der Waals surface area (Å²) in [5.74, 6) is 0. The summed E-state index contributed by atoms with van der Waals surface area (Å²) in [5.41, 5.74) is 1.38. The maximum atomic E-state index is 3.74. The Balaban J connectivity index is 1.48. The molecule has 4 heteroatoms. The minimum atomic E-state index is 0.687. The van der Waals surface area contributed by atoms with Gasteiger partial charge in [-0.1, -0.05) is 6.07 Å². The zero-order valence-electron chi connectivity index (χ0n) is 12.8. The topological polar surface area (TPSA) is 15.3 Å². The molecule has 2 aromatic heterocycles. The second-order valence-corrected chi connectivity index (χ2v) is 8.01. The first-order valence-corrected chi connectivity index (χ1v) is 9.57. The van der Waals surface area contributed by atoms with Gasteiger partial charge in [0.25, 0.3) is 0 Å². The summed E-state index contributed by atoms with van der Waals surface area (Å²) in [5, 5.41) is 8.17. The molecule has 1 aliphatic rings. The van der Waals surface area contributed by atoms with E-state index >= 15 is 0 Å². The van der Waals surface area contributed by atoms with E-state index in [0.29, 0.717) is 12.1 Å². The molecule has 0 saturated carbocycles. The summed E-state index contributed by atoms with van der Waals surface area (Å²) in [7, 11) is 0. The van der Waals surface area contributed by atoms with Crippen molar-refractivity contribution in [1.82, 2.24) is 10.2 Å². The number of nitrogens with one attached hydrogen (secondary N) is 1. The van der Waals surface area contributed by atoms with Crippen molar-refractivity contribution >= 4 is 22.7 Å². The molecule has 21 heavy (non-hydrogen) atoms. The van der Waals surface area contributed by atoms with Crippen molar-refractivity contribution in [3.63, 3.8) is 0 Å². The number of thiophene rings is 2. The molecule has 3 heterocycles. The molecule has 1 saturated heterocycles. The van der Waals surface area contributed by atoms with E-state index in [4.69, 9.17) is 0 Å². The molecule has 3 rings (SSSR count). The van der Waals surface area contributed by atoms with Crippen molar-refractivity contribution < 1.29 is 0 Å². The predicted octanol–water partition coefficient (Wildman–Crippen LogP) is 4.44. The molecule has 1 N–H and O–H groups in total. The average Bonchev–Trinajstić information content (AvgIpc) is 3.16. The Morgan fingerprint density at radius 2 is 2.10 bits per heavy atom. The molecule has 2 aromatic rings. The third-order valence-electron chi connectivity index (χ3n) is 4.28. The van der Waals surface area contributed by atoms with Gasteiger partial charge in [-0.15, -0.1) is 22.7 Å². The second kappa shape index (κ2) is 7.05. The van der Waals surface area contributed by atoms with E-state index in [0.717, 1.165) is 6.54 Å². The van der Waals surface area contributed by atoms with Gasteiger partial charge in [-0.2, -0.15) is 0 Å². The van der Waals surface area contributed by atoms with E-state index in [1.165, 1.54) is 41.2 Å². The van der Waals surface area contributed by atoms with E-state index in [1.807, 2.05) is 22.7 Å². The molecule has 0 bridgehead atoms. The smallest absolute Gasteiger partial charge is 0.0351 e.